The number of hydrogen-bond acceptors (Lipinski definition) is 5. The van der Waals surface area contributed by atoms with Gasteiger partial charge in [0, 0.05) is 17.2 Å². The molecule has 4 aliphatic carbocycles. The molecule has 5 aliphatic rings. The summed E-state index contributed by atoms with van der Waals surface area (Å²) >= 11 is 4.90. The van der Waals surface area contributed by atoms with Crippen LogP contribution in [-0.2, 0) is 9.53 Å². The van der Waals surface area contributed by atoms with Crippen LogP contribution in [0.15, 0.2) is 16.8 Å². The third-order valence-electron chi connectivity index (χ3n) is 10.1. The highest BCUT2D eigenvalue weighted by atomic mass is 32.1. The van der Waals surface area contributed by atoms with Crippen molar-refractivity contribution in [1.82, 2.24) is 5.43 Å². The van der Waals surface area contributed by atoms with E-state index in [1.807, 2.05) is 0 Å². The van der Waals surface area contributed by atoms with E-state index in [0.717, 1.165) is 63.4 Å². The van der Waals surface area contributed by atoms with Gasteiger partial charge in [-0.25, -0.2) is 4.79 Å². The maximum atomic E-state index is 12.2. The molecule has 31 heavy (non-hydrogen) atoms. The largest absolute Gasteiger partial charge is 0.458 e. The maximum absolute atomic E-state index is 12.2. The van der Waals surface area contributed by atoms with E-state index in [4.69, 9.17) is 22.7 Å². The number of cyclic esters (lactones) is 1. The Balaban J connectivity index is 1.39. The van der Waals surface area contributed by atoms with E-state index < -0.39 is 5.60 Å². The number of rotatable bonds is 2. The van der Waals surface area contributed by atoms with Gasteiger partial charge in [0.25, 0.3) is 0 Å². The van der Waals surface area contributed by atoms with Crippen LogP contribution in [0.1, 0.15) is 71.6 Å². The smallest absolute Gasteiger partial charge is 0.331 e. The average molecular weight is 446 g/mol. The first-order valence-corrected chi connectivity index (χ1v) is 12.3. The van der Waals surface area contributed by atoms with Crippen LogP contribution in [-0.4, -0.2) is 34.1 Å². The Morgan fingerprint density at radius 1 is 1.23 bits per heavy atom. The van der Waals surface area contributed by atoms with E-state index in [1.54, 1.807) is 6.08 Å². The minimum atomic E-state index is -0.650. The highest BCUT2D eigenvalue weighted by molar-refractivity contribution is 7.80. The van der Waals surface area contributed by atoms with Crippen LogP contribution in [0, 0.1) is 34.5 Å². The van der Waals surface area contributed by atoms with E-state index in [0.29, 0.717) is 24.4 Å². The first kappa shape index (κ1) is 21.4. The molecule has 0 radical (unpaired) electrons. The summed E-state index contributed by atoms with van der Waals surface area (Å²) in [5.41, 5.74) is 10.0. The van der Waals surface area contributed by atoms with Crippen LogP contribution >= 0.6 is 12.2 Å². The lowest BCUT2D eigenvalue weighted by Gasteiger charge is -2.63. The third-order valence-corrected chi connectivity index (χ3v) is 10.2. The van der Waals surface area contributed by atoms with Crippen LogP contribution in [0.2, 0.25) is 0 Å². The number of hydrogen-bond donors (Lipinski definition) is 3. The Labute approximate surface area is 190 Å². The molecule has 0 aromatic rings. The van der Waals surface area contributed by atoms with Crippen molar-refractivity contribution >= 4 is 29.0 Å². The molecule has 0 saturated heterocycles. The van der Waals surface area contributed by atoms with E-state index >= 15 is 0 Å². The fraction of sp³-hybridized carbons (Fsp3) is 0.792. The van der Waals surface area contributed by atoms with Crippen molar-refractivity contribution in [2.75, 3.05) is 6.61 Å². The van der Waals surface area contributed by atoms with Gasteiger partial charge in [0.2, 0.25) is 0 Å². The van der Waals surface area contributed by atoms with Crippen LogP contribution in [0.5, 0.6) is 0 Å². The number of nitrogens with one attached hydrogen (secondary N) is 1. The van der Waals surface area contributed by atoms with Crippen molar-refractivity contribution in [3.63, 3.8) is 0 Å². The Morgan fingerprint density at radius 3 is 2.74 bits per heavy atom. The molecule has 4 N–H and O–H groups in total. The molecule has 7 heteroatoms. The molecule has 4 fully saturated rings. The zero-order valence-electron chi connectivity index (χ0n) is 18.7. The molecule has 4 saturated carbocycles. The lowest BCUT2D eigenvalue weighted by atomic mass is 9.43. The third kappa shape index (κ3) is 3.10. The summed E-state index contributed by atoms with van der Waals surface area (Å²) < 4.78 is 5.23. The number of hydrazone groups is 1. The summed E-state index contributed by atoms with van der Waals surface area (Å²) in [7, 11) is 0. The summed E-state index contributed by atoms with van der Waals surface area (Å²) in [6.45, 7) is 5.16. The highest BCUT2D eigenvalue weighted by Crippen LogP contribution is 2.69. The first-order valence-electron chi connectivity index (χ1n) is 11.9. The molecule has 0 bridgehead atoms. The second-order valence-corrected chi connectivity index (χ2v) is 11.6. The molecule has 0 amide bonds. The van der Waals surface area contributed by atoms with Crippen molar-refractivity contribution < 1.29 is 14.6 Å². The van der Waals surface area contributed by atoms with Gasteiger partial charge in [-0.2, -0.15) is 5.10 Å². The molecule has 0 spiro atoms. The molecule has 0 unspecified atom stereocenters. The van der Waals surface area contributed by atoms with Crippen molar-refractivity contribution in [2.45, 2.75) is 77.2 Å². The standard InChI is InChI=1S/C24H35N3O3S/c1-22-8-5-16(26-27-21(25)31)12-15(22)3-4-19-18(22)6-9-23(2)17(7-10-24(19,23)29)14-11-20(28)30-13-14/h11,15,17-19,29H,3-10,12-13H2,1-2H3,(H3,25,27,31)/b26-16-/t15-,17+,18-,19+,22-,23+,24-/m0/s1. The van der Waals surface area contributed by atoms with Gasteiger partial charge in [-0.3, -0.25) is 5.43 Å². The number of carbonyl (C=O) groups is 1. The van der Waals surface area contributed by atoms with Gasteiger partial charge in [0.05, 0.1) is 5.60 Å². The molecule has 0 aromatic heterocycles. The zero-order valence-corrected chi connectivity index (χ0v) is 19.5. The second kappa shape index (κ2) is 7.27. The summed E-state index contributed by atoms with van der Waals surface area (Å²) in [5, 5.41) is 16.9. The SMILES string of the molecule is C[C@]12CC/C(=N/NC(N)=S)C[C@@H]1CC[C@@H]1[C@@H]2CC[C@]2(C)[C@@H](C3=CC(=O)OC3)CC[C@]12O. The second-order valence-electron chi connectivity index (χ2n) is 11.1. The number of ether oxygens (including phenoxy) is 1. The lowest BCUT2D eigenvalue weighted by molar-refractivity contribution is -0.200. The number of nitrogens with two attached hydrogens (primary N) is 1. The molecule has 1 aliphatic heterocycles. The van der Waals surface area contributed by atoms with Gasteiger partial charge < -0.3 is 15.6 Å². The van der Waals surface area contributed by atoms with E-state index in [2.05, 4.69) is 24.4 Å². The Bertz CT molecular complexity index is 872. The number of aliphatic hydroxyl groups is 1. The summed E-state index contributed by atoms with van der Waals surface area (Å²) in [6.07, 6.45) is 11.0. The molecule has 0 aromatic carbocycles. The van der Waals surface area contributed by atoms with Gasteiger partial charge in [-0.15, -0.1) is 0 Å². The number of nitrogens with zero attached hydrogens (tertiary/aromatic N) is 1. The zero-order chi connectivity index (χ0) is 22.0. The first-order chi connectivity index (χ1) is 14.7. The van der Waals surface area contributed by atoms with Gasteiger partial charge >= 0.3 is 5.97 Å². The minimum Gasteiger partial charge on any atom is -0.458 e. The van der Waals surface area contributed by atoms with Crippen LogP contribution < -0.4 is 11.2 Å². The van der Waals surface area contributed by atoms with E-state index in [1.165, 1.54) is 5.71 Å². The summed E-state index contributed by atoms with van der Waals surface area (Å²) in [6, 6.07) is 0. The molecule has 7 atom stereocenters. The highest BCUT2D eigenvalue weighted by Gasteiger charge is 2.67. The predicted molar refractivity (Wildman–Crippen MR) is 123 cm³/mol. The van der Waals surface area contributed by atoms with Crippen LogP contribution in [0.25, 0.3) is 0 Å². The lowest BCUT2D eigenvalue weighted by Crippen LogP contribution is -2.62. The minimum absolute atomic E-state index is 0.167. The van der Waals surface area contributed by atoms with Crippen LogP contribution in [0.4, 0.5) is 0 Å². The number of carbonyl (C=O) groups excluding carboxylic acids is 1. The fourth-order valence-electron chi connectivity index (χ4n) is 8.45. The van der Waals surface area contributed by atoms with E-state index in [9.17, 15) is 9.90 Å². The monoisotopic (exact) mass is 445 g/mol. The fourth-order valence-corrected chi connectivity index (χ4v) is 8.49. The number of thiocarbonyl (C=S) groups is 1. The molecular weight excluding hydrogens is 410 g/mol. The maximum Gasteiger partial charge on any atom is 0.331 e. The van der Waals surface area contributed by atoms with Crippen molar-refractivity contribution in [3.05, 3.63) is 11.6 Å². The normalized spacial score (nSPS) is 47.8. The molecule has 1 heterocycles. The van der Waals surface area contributed by atoms with Crippen molar-refractivity contribution in [1.29, 1.82) is 0 Å². The summed E-state index contributed by atoms with van der Waals surface area (Å²) in [4.78, 5) is 11.7. The van der Waals surface area contributed by atoms with Crippen molar-refractivity contribution in [2.24, 2.45) is 45.3 Å². The molecule has 5 rings (SSSR count). The van der Waals surface area contributed by atoms with Crippen LogP contribution in [0.3, 0.4) is 0 Å². The number of esters is 1. The number of fused-ring (bicyclic) bond motifs is 5. The Morgan fingerprint density at radius 2 is 2.03 bits per heavy atom. The molecule has 6 nitrogen and oxygen atoms in total. The Kier molecular flexibility index (Phi) is 5.02. The van der Waals surface area contributed by atoms with Crippen molar-refractivity contribution in [3.8, 4) is 0 Å². The van der Waals surface area contributed by atoms with Gasteiger partial charge in [-0.1, -0.05) is 13.8 Å². The van der Waals surface area contributed by atoms with E-state index in [-0.39, 0.29) is 27.8 Å². The van der Waals surface area contributed by atoms with Gasteiger partial charge in [0.15, 0.2) is 5.11 Å². The summed E-state index contributed by atoms with van der Waals surface area (Å²) in [5.74, 6) is 1.52. The average Bonchev–Trinajstić information content (AvgIpc) is 3.26. The topological polar surface area (TPSA) is 96.9 Å². The molecule has 170 valence electrons. The predicted octanol–water partition coefficient (Wildman–Crippen LogP) is 3.43. The van der Waals surface area contributed by atoms with Gasteiger partial charge in [-0.05, 0) is 105 Å². The van der Waals surface area contributed by atoms with Gasteiger partial charge in [0.1, 0.15) is 6.61 Å². The quantitative estimate of drug-likeness (QED) is 0.342. The Hall–Kier alpha value is -1.47. The molecular formula is C24H35N3O3S.